The predicted octanol–water partition coefficient (Wildman–Crippen LogP) is 3.17. The van der Waals surface area contributed by atoms with E-state index in [0.717, 1.165) is 5.75 Å². The minimum atomic E-state index is -0.356. The van der Waals surface area contributed by atoms with Crippen molar-refractivity contribution in [3.63, 3.8) is 0 Å². The van der Waals surface area contributed by atoms with Crippen LogP contribution in [-0.2, 0) is 0 Å². The quantitative estimate of drug-likeness (QED) is 0.878. The standard InChI is InChI=1S/C16H18FNO2/c1-18-14(11-20-12-7-4-3-5-8-12)13-9-6-10-15(19-2)16(13)17/h3-10,14,18H,11H2,1-2H3. The van der Waals surface area contributed by atoms with Gasteiger partial charge in [0.2, 0.25) is 0 Å². The van der Waals surface area contributed by atoms with Gasteiger partial charge in [-0.3, -0.25) is 0 Å². The van der Waals surface area contributed by atoms with Gasteiger partial charge in [-0.15, -0.1) is 0 Å². The fraction of sp³-hybridized carbons (Fsp3) is 0.250. The van der Waals surface area contributed by atoms with Gasteiger partial charge in [0, 0.05) is 5.56 Å². The third-order valence-corrected chi connectivity index (χ3v) is 3.10. The van der Waals surface area contributed by atoms with Gasteiger partial charge in [-0.2, -0.15) is 0 Å². The minimum Gasteiger partial charge on any atom is -0.494 e. The first-order valence-corrected chi connectivity index (χ1v) is 6.43. The van der Waals surface area contributed by atoms with Crippen LogP contribution in [0.4, 0.5) is 4.39 Å². The summed E-state index contributed by atoms with van der Waals surface area (Å²) in [5.74, 6) is 0.643. The molecule has 1 atom stereocenters. The van der Waals surface area contributed by atoms with E-state index in [1.54, 1.807) is 25.2 Å². The second kappa shape index (κ2) is 6.91. The van der Waals surface area contributed by atoms with Crippen molar-refractivity contribution in [2.75, 3.05) is 20.8 Å². The summed E-state index contributed by atoms with van der Waals surface area (Å²) in [6, 6.07) is 14.3. The lowest BCUT2D eigenvalue weighted by Gasteiger charge is -2.19. The van der Waals surface area contributed by atoms with Gasteiger partial charge in [-0.05, 0) is 25.2 Å². The SMILES string of the molecule is CNC(COc1ccccc1)c1cccc(OC)c1F. The molecule has 0 aliphatic carbocycles. The number of halogens is 1. The molecular weight excluding hydrogens is 257 g/mol. The Bertz CT molecular complexity index is 545. The van der Waals surface area contributed by atoms with E-state index >= 15 is 0 Å². The molecule has 0 radical (unpaired) electrons. The highest BCUT2D eigenvalue weighted by Gasteiger charge is 2.17. The number of rotatable bonds is 6. The van der Waals surface area contributed by atoms with Crippen LogP contribution in [0, 0.1) is 5.82 Å². The summed E-state index contributed by atoms with van der Waals surface area (Å²) >= 11 is 0. The van der Waals surface area contributed by atoms with Crippen molar-refractivity contribution in [1.82, 2.24) is 5.32 Å². The molecule has 2 aromatic carbocycles. The normalized spacial score (nSPS) is 11.9. The first kappa shape index (κ1) is 14.3. The Morgan fingerprint density at radius 2 is 1.85 bits per heavy atom. The van der Waals surface area contributed by atoms with Crippen molar-refractivity contribution in [1.29, 1.82) is 0 Å². The second-order valence-corrected chi connectivity index (χ2v) is 4.33. The molecule has 1 unspecified atom stereocenters. The van der Waals surface area contributed by atoms with Gasteiger partial charge in [0.25, 0.3) is 0 Å². The highest BCUT2D eigenvalue weighted by molar-refractivity contribution is 5.33. The molecule has 0 spiro atoms. The molecule has 0 aromatic heterocycles. The van der Waals surface area contributed by atoms with Crippen LogP contribution in [0.3, 0.4) is 0 Å². The Kier molecular flexibility index (Phi) is 4.96. The third-order valence-electron chi connectivity index (χ3n) is 3.10. The molecule has 0 bridgehead atoms. The largest absolute Gasteiger partial charge is 0.494 e. The topological polar surface area (TPSA) is 30.5 Å². The van der Waals surface area contributed by atoms with E-state index < -0.39 is 0 Å². The van der Waals surface area contributed by atoms with E-state index in [1.807, 2.05) is 30.3 Å². The average molecular weight is 275 g/mol. The zero-order valence-electron chi connectivity index (χ0n) is 11.6. The van der Waals surface area contributed by atoms with Gasteiger partial charge in [0.1, 0.15) is 12.4 Å². The van der Waals surface area contributed by atoms with Crippen LogP contribution in [0.25, 0.3) is 0 Å². The smallest absolute Gasteiger partial charge is 0.169 e. The van der Waals surface area contributed by atoms with Crippen LogP contribution in [0.2, 0.25) is 0 Å². The molecule has 0 aliphatic rings. The Morgan fingerprint density at radius 3 is 2.50 bits per heavy atom. The number of hydrogen-bond acceptors (Lipinski definition) is 3. The first-order chi connectivity index (χ1) is 9.76. The van der Waals surface area contributed by atoms with Crippen LogP contribution < -0.4 is 14.8 Å². The molecule has 0 saturated carbocycles. The van der Waals surface area contributed by atoms with E-state index in [1.165, 1.54) is 7.11 Å². The summed E-state index contributed by atoms with van der Waals surface area (Å²) in [6.07, 6.45) is 0. The number of methoxy groups -OCH3 is 1. The molecule has 1 N–H and O–H groups in total. The van der Waals surface area contributed by atoms with Gasteiger partial charge < -0.3 is 14.8 Å². The van der Waals surface area contributed by atoms with Crippen molar-refractivity contribution < 1.29 is 13.9 Å². The maximum absolute atomic E-state index is 14.2. The van der Waals surface area contributed by atoms with E-state index in [-0.39, 0.29) is 17.6 Å². The highest BCUT2D eigenvalue weighted by Crippen LogP contribution is 2.25. The van der Waals surface area contributed by atoms with Crippen molar-refractivity contribution >= 4 is 0 Å². The Hall–Kier alpha value is -2.07. The average Bonchev–Trinajstić information content (AvgIpc) is 2.50. The molecule has 4 heteroatoms. The van der Waals surface area contributed by atoms with Gasteiger partial charge >= 0.3 is 0 Å². The molecule has 3 nitrogen and oxygen atoms in total. The number of benzene rings is 2. The van der Waals surface area contributed by atoms with Crippen molar-refractivity contribution in [3.05, 3.63) is 59.9 Å². The zero-order valence-corrected chi connectivity index (χ0v) is 11.6. The zero-order chi connectivity index (χ0) is 14.4. The number of hydrogen-bond donors (Lipinski definition) is 1. The van der Waals surface area contributed by atoms with Crippen LogP contribution in [0.15, 0.2) is 48.5 Å². The monoisotopic (exact) mass is 275 g/mol. The van der Waals surface area contributed by atoms with Crippen molar-refractivity contribution in [2.24, 2.45) is 0 Å². The second-order valence-electron chi connectivity index (χ2n) is 4.33. The van der Waals surface area contributed by atoms with Crippen molar-refractivity contribution in [2.45, 2.75) is 6.04 Å². The van der Waals surface area contributed by atoms with Gasteiger partial charge in [0.05, 0.1) is 13.2 Å². The third kappa shape index (κ3) is 3.27. The van der Waals surface area contributed by atoms with E-state index in [2.05, 4.69) is 5.32 Å². The van der Waals surface area contributed by atoms with E-state index in [9.17, 15) is 4.39 Å². The number of likely N-dealkylation sites (N-methyl/N-ethyl adjacent to an activating group) is 1. The fourth-order valence-electron chi connectivity index (χ4n) is 1.98. The number of para-hydroxylation sites is 1. The van der Waals surface area contributed by atoms with E-state index in [4.69, 9.17) is 9.47 Å². The van der Waals surface area contributed by atoms with E-state index in [0.29, 0.717) is 12.2 Å². The molecule has 106 valence electrons. The number of ether oxygens (including phenoxy) is 2. The molecule has 2 rings (SSSR count). The lowest BCUT2D eigenvalue weighted by atomic mass is 10.1. The van der Waals surface area contributed by atoms with Crippen LogP contribution in [0.1, 0.15) is 11.6 Å². The summed E-state index contributed by atoms with van der Waals surface area (Å²) in [5.41, 5.74) is 0.530. The molecule has 0 amide bonds. The van der Waals surface area contributed by atoms with Gasteiger partial charge in [-0.1, -0.05) is 30.3 Å². The van der Waals surface area contributed by atoms with Crippen molar-refractivity contribution in [3.8, 4) is 11.5 Å². The first-order valence-electron chi connectivity index (χ1n) is 6.43. The van der Waals surface area contributed by atoms with Gasteiger partial charge in [-0.25, -0.2) is 4.39 Å². The Morgan fingerprint density at radius 1 is 1.10 bits per heavy atom. The van der Waals surface area contributed by atoms with Crippen LogP contribution in [-0.4, -0.2) is 20.8 Å². The predicted molar refractivity (Wildman–Crippen MR) is 76.7 cm³/mol. The summed E-state index contributed by atoms with van der Waals surface area (Å²) in [5, 5.41) is 3.06. The van der Waals surface area contributed by atoms with Crippen LogP contribution in [0.5, 0.6) is 11.5 Å². The summed E-state index contributed by atoms with van der Waals surface area (Å²) in [4.78, 5) is 0. The Labute approximate surface area is 118 Å². The van der Waals surface area contributed by atoms with Gasteiger partial charge in [0.15, 0.2) is 11.6 Å². The maximum Gasteiger partial charge on any atom is 0.169 e. The van der Waals surface area contributed by atoms with Crippen LogP contribution >= 0.6 is 0 Å². The molecule has 0 fully saturated rings. The summed E-state index contributed by atoms with van der Waals surface area (Å²) < 4.78 is 24.9. The summed E-state index contributed by atoms with van der Waals surface area (Å²) in [7, 11) is 3.23. The molecule has 0 saturated heterocycles. The lowest BCUT2D eigenvalue weighted by molar-refractivity contribution is 0.268. The fourth-order valence-corrected chi connectivity index (χ4v) is 1.98. The Balaban J connectivity index is 2.12. The highest BCUT2D eigenvalue weighted by atomic mass is 19.1. The molecular formula is C16H18FNO2. The molecule has 20 heavy (non-hydrogen) atoms. The molecule has 2 aromatic rings. The maximum atomic E-state index is 14.2. The lowest BCUT2D eigenvalue weighted by Crippen LogP contribution is -2.24. The molecule has 0 aliphatic heterocycles. The molecule has 0 heterocycles. The minimum absolute atomic E-state index is 0.238. The summed E-state index contributed by atoms with van der Waals surface area (Å²) in [6.45, 7) is 0.338. The number of nitrogens with one attached hydrogen (secondary N) is 1.